The van der Waals surface area contributed by atoms with E-state index in [2.05, 4.69) is 51.9 Å². The van der Waals surface area contributed by atoms with Gasteiger partial charge in [-0.1, -0.05) is 36.4 Å². The van der Waals surface area contributed by atoms with Crippen LogP contribution >= 0.6 is 0 Å². The highest BCUT2D eigenvalue weighted by atomic mass is 16.5. The van der Waals surface area contributed by atoms with Gasteiger partial charge in [0, 0.05) is 25.6 Å². The van der Waals surface area contributed by atoms with E-state index in [1.807, 2.05) is 26.8 Å². The normalized spacial score (nSPS) is 15.5. The number of fused-ring (bicyclic) bond motifs is 1. The fraction of sp³-hybridized carbons (Fsp3) is 0.517. The van der Waals surface area contributed by atoms with E-state index in [1.165, 1.54) is 24.0 Å². The minimum atomic E-state index is -0.654. The van der Waals surface area contributed by atoms with E-state index in [-0.39, 0.29) is 5.97 Å². The van der Waals surface area contributed by atoms with Gasteiger partial charge in [-0.3, -0.25) is 4.79 Å². The van der Waals surface area contributed by atoms with Crippen LogP contribution in [0, 0.1) is 0 Å². The van der Waals surface area contributed by atoms with E-state index >= 15 is 0 Å². The number of para-hydroxylation sites is 2. The fourth-order valence-electron chi connectivity index (χ4n) is 5.35. The molecule has 0 spiro atoms. The molecule has 1 aliphatic rings. The molecule has 1 saturated heterocycles. The molecule has 4 rings (SSSR count). The van der Waals surface area contributed by atoms with Crippen molar-refractivity contribution < 1.29 is 14.3 Å². The summed E-state index contributed by atoms with van der Waals surface area (Å²) in [5, 5.41) is 0. The lowest BCUT2D eigenvalue weighted by molar-refractivity contribution is -0.146. The Labute approximate surface area is 209 Å². The second-order valence-corrected chi connectivity index (χ2v) is 9.95. The Kier molecular flexibility index (Phi) is 8.24. The van der Waals surface area contributed by atoms with Crippen molar-refractivity contribution in [2.24, 2.45) is 0 Å². The molecular weight excluding hydrogens is 438 g/mol. The molecule has 0 bridgehead atoms. The SMILES string of the molecule is CCOCCn1c(C2CCN(CCc3ccccc3C(C)(C)C(=O)OC)CC2)nc2ccccc21. The Balaban J connectivity index is 1.41. The van der Waals surface area contributed by atoms with Gasteiger partial charge in [-0.25, -0.2) is 4.98 Å². The summed E-state index contributed by atoms with van der Waals surface area (Å²) in [5.74, 6) is 1.47. The molecular formula is C29H39N3O3. The maximum atomic E-state index is 12.4. The predicted molar refractivity (Wildman–Crippen MR) is 140 cm³/mol. The maximum absolute atomic E-state index is 12.4. The summed E-state index contributed by atoms with van der Waals surface area (Å²) in [7, 11) is 1.46. The number of piperidine rings is 1. The molecule has 0 saturated carbocycles. The number of ether oxygens (including phenoxy) is 2. The van der Waals surface area contributed by atoms with Gasteiger partial charge < -0.3 is 18.9 Å². The van der Waals surface area contributed by atoms with E-state index in [9.17, 15) is 4.79 Å². The minimum Gasteiger partial charge on any atom is -0.468 e. The van der Waals surface area contributed by atoms with Crippen LogP contribution in [0.3, 0.4) is 0 Å². The molecule has 0 amide bonds. The summed E-state index contributed by atoms with van der Waals surface area (Å²) in [4.78, 5) is 20.0. The fourth-order valence-corrected chi connectivity index (χ4v) is 5.35. The number of likely N-dealkylation sites (tertiary alicyclic amines) is 1. The minimum absolute atomic E-state index is 0.196. The molecule has 2 heterocycles. The van der Waals surface area contributed by atoms with Crippen LogP contribution in [-0.4, -0.2) is 60.4 Å². The number of nitrogens with zero attached hydrogens (tertiary/aromatic N) is 3. The highest BCUT2D eigenvalue weighted by molar-refractivity contribution is 5.82. The third-order valence-corrected chi connectivity index (χ3v) is 7.38. The molecule has 3 aromatic rings. The molecule has 0 aliphatic carbocycles. The summed E-state index contributed by atoms with van der Waals surface area (Å²) in [5.41, 5.74) is 3.91. The first kappa shape index (κ1) is 25.4. The first-order chi connectivity index (χ1) is 17.0. The molecule has 0 N–H and O–H groups in total. The molecule has 35 heavy (non-hydrogen) atoms. The van der Waals surface area contributed by atoms with Crippen molar-refractivity contribution in [3.63, 3.8) is 0 Å². The van der Waals surface area contributed by atoms with Gasteiger partial charge in [0.2, 0.25) is 0 Å². The number of carbonyl (C=O) groups is 1. The highest BCUT2D eigenvalue weighted by Crippen LogP contribution is 2.31. The highest BCUT2D eigenvalue weighted by Gasteiger charge is 2.33. The molecule has 0 atom stereocenters. The van der Waals surface area contributed by atoms with Gasteiger partial charge in [0.25, 0.3) is 0 Å². The predicted octanol–water partition coefficient (Wildman–Crippen LogP) is 4.95. The first-order valence-corrected chi connectivity index (χ1v) is 12.9. The Morgan fingerprint density at radius 1 is 1.06 bits per heavy atom. The smallest absolute Gasteiger partial charge is 0.315 e. The molecule has 2 aromatic carbocycles. The standard InChI is InChI=1S/C29H39N3O3/c1-5-35-21-20-32-26-13-9-8-12-25(26)30-27(32)23-15-18-31(19-16-23)17-14-22-10-6-7-11-24(22)29(2,3)28(33)34-4/h6-13,23H,5,14-21H2,1-4H3. The Bertz CT molecular complexity index is 1130. The molecule has 188 valence electrons. The number of hydrogen-bond acceptors (Lipinski definition) is 5. The number of methoxy groups -OCH3 is 1. The monoisotopic (exact) mass is 477 g/mol. The average molecular weight is 478 g/mol. The summed E-state index contributed by atoms with van der Waals surface area (Å²) in [6, 6.07) is 16.7. The third kappa shape index (κ3) is 5.60. The summed E-state index contributed by atoms with van der Waals surface area (Å²) in [6.45, 7) is 11.3. The Morgan fingerprint density at radius 3 is 2.51 bits per heavy atom. The lowest BCUT2D eigenvalue weighted by Crippen LogP contribution is -2.36. The van der Waals surface area contributed by atoms with Crippen molar-refractivity contribution in [3.8, 4) is 0 Å². The van der Waals surface area contributed by atoms with Gasteiger partial charge in [-0.2, -0.15) is 0 Å². The Hall–Kier alpha value is -2.70. The van der Waals surface area contributed by atoms with Crippen LogP contribution in [-0.2, 0) is 32.6 Å². The van der Waals surface area contributed by atoms with Gasteiger partial charge in [0.05, 0.1) is 30.2 Å². The van der Waals surface area contributed by atoms with E-state index in [0.29, 0.717) is 12.5 Å². The molecule has 1 aromatic heterocycles. The second-order valence-electron chi connectivity index (χ2n) is 9.95. The van der Waals surface area contributed by atoms with E-state index in [1.54, 1.807) is 0 Å². The molecule has 6 nitrogen and oxygen atoms in total. The first-order valence-electron chi connectivity index (χ1n) is 12.9. The zero-order chi connectivity index (χ0) is 24.8. The number of aromatic nitrogens is 2. The largest absolute Gasteiger partial charge is 0.468 e. The number of benzene rings is 2. The van der Waals surface area contributed by atoms with Crippen LogP contribution in [0.4, 0.5) is 0 Å². The third-order valence-electron chi connectivity index (χ3n) is 7.38. The molecule has 0 unspecified atom stereocenters. The lowest BCUT2D eigenvalue weighted by Gasteiger charge is -2.32. The number of esters is 1. The van der Waals surface area contributed by atoms with Crippen LogP contribution in [0.25, 0.3) is 11.0 Å². The van der Waals surface area contributed by atoms with Gasteiger partial charge in [0.15, 0.2) is 0 Å². The van der Waals surface area contributed by atoms with Crippen molar-refractivity contribution in [3.05, 3.63) is 65.5 Å². The van der Waals surface area contributed by atoms with Crippen molar-refractivity contribution in [2.75, 3.05) is 40.0 Å². The van der Waals surface area contributed by atoms with Crippen LogP contribution < -0.4 is 0 Å². The van der Waals surface area contributed by atoms with Crippen LogP contribution in [0.15, 0.2) is 48.5 Å². The summed E-state index contributed by atoms with van der Waals surface area (Å²) < 4.78 is 13.1. The lowest BCUT2D eigenvalue weighted by atomic mass is 9.81. The maximum Gasteiger partial charge on any atom is 0.315 e. The quantitative estimate of drug-likeness (QED) is 0.306. The molecule has 1 aliphatic heterocycles. The van der Waals surface area contributed by atoms with Gasteiger partial charge in [-0.05, 0) is 76.4 Å². The number of imidazole rings is 1. The van der Waals surface area contributed by atoms with Gasteiger partial charge in [0.1, 0.15) is 5.82 Å². The topological polar surface area (TPSA) is 56.6 Å². The van der Waals surface area contributed by atoms with E-state index in [4.69, 9.17) is 14.5 Å². The zero-order valence-electron chi connectivity index (χ0n) is 21.6. The average Bonchev–Trinajstić information content (AvgIpc) is 3.26. The van der Waals surface area contributed by atoms with Crippen molar-refractivity contribution in [1.82, 2.24) is 14.5 Å². The van der Waals surface area contributed by atoms with E-state index in [0.717, 1.165) is 63.1 Å². The van der Waals surface area contributed by atoms with Crippen molar-refractivity contribution >= 4 is 17.0 Å². The van der Waals surface area contributed by atoms with Crippen molar-refractivity contribution in [2.45, 2.75) is 57.9 Å². The number of rotatable bonds is 10. The van der Waals surface area contributed by atoms with E-state index < -0.39 is 5.41 Å². The zero-order valence-corrected chi connectivity index (χ0v) is 21.6. The van der Waals surface area contributed by atoms with Crippen LogP contribution in [0.2, 0.25) is 0 Å². The molecule has 6 heteroatoms. The van der Waals surface area contributed by atoms with Crippen LogP contribution in [0.5, 0.6) is 0 Å². The molecule has 1 fully saturated rings. The second kappa shape index (κ2) is 11.4. The summed E-state index contributed by atoms with van der Waals surface area (Å²) in [6.07, 6.45) is 3.13. The summed E-state index contributed by atoms with van der Waals surface area (Å²) >= 11 is 0. The Morgan fingerprint density at radius 2 is 1.77 bits per heavy atom. The molecule has 0 radical (unpaired) electrons. The van der Waals surface area contributed by atoms with Crippen molar-refractivity contribution in [1.29, 1.82) is 0 Å². The van der Waals surface area contributed by atoms with Gasteiger partial charge in [-0.15, -0.1) is 0 Å². The number of hydrogen-bond donors (Lipinski definition) is 0. The van der Waals surface area contributed by atoms with Gasteiger partial charge >= 0.3 is 5.97 Å². The van der Waals surface area contributed by atoms with Crippen LogP contribution in [0.1, 0.15) is 56.5 Å². The number of carbonyl (C=O) groups excluding carboxylic acids is 1.